The van der Waals surface area contributed by atoms with Crippen molar-refractivity contribution in [1.29, 1.82) is 0 Å². The fourth-order valence-electron chi connectivity index (χ4n) is 1.69. The molecule has 0 aliphatic heterocycles. The van der Waals surface area contributed by atoms with Crippen LogP contribution in [0.2, 0.25) is 0 Å². The predicted octanol–water partition coefficient (Wildman–Crippen LogP) is -0.669. The van der Waals surface area contributed by atoms with Crippen molar-refractivity contribution in [3.63, 3.8) is 0 Å². The second kappa shape index (κ2) is 6.01. The Labute approximate surface area is 111 Å². The van der Waals surface area contributed by atoms with Gasteiger partial charge in [-0.3, -0.25) is 4.79 Å². The van der Waals surface area contributed by atoms with Gasteiger partial charge in [-0.25, -0.2) is 0 Å². The van der Waals surface area contributed by atoms with E-state index in [1.54, 1.807) is 13.0 Å². The van der Waals surface area contributed by atoms with Crippen LogP contribution in [0.25, 0.3) is 0 Å². The van der Waals surface area contributed by atoms with Crippen LogP contribution in [0, 0.1) is 13.8 Å². The number of aliphatic hydroxyl groups excluding tert-OH is 3. The molecule has 0 aliphatic rings. The second-order valence-electron chi connectivity index (χ2n) is 4.73. The molecule has 0 atom stereocenters. The molecule has 19 heavy (non-hydrogen) atoms. The normalized spacial score (nSPS) is 11.4. The fourth-order valence-corrected chi connectivity index (χ4v) is 1.69. The third kappa shape index (κ3) is 3.23. The van der Waals surface area contributed by atoms with Crippen LogP contribution in [0.5, 0.6) is 0 Å². The summed E-state index contributed by atoms with van der Waals surface area (Å²) in [5, 5.41) is 30.0. The first kappa shape index (κ1) is 15.4. The zero-order chi connectivity index (χ0) is 14.6. The van der Waals surface area contributed by atoms with Gasteiger partial charge in [-0.2, -0.15) is 0 Å². The first-order chi connectivity index (χ1) is 8.89. The van der Waals surface area contributed by atoms with Gasteiger partial charge < -0.3 is 26.4 Å². The van der Waals surface area contributed by atoms with Crippen molar-refractivity contribution >= 4 is 11.6 Å². The van der Waals surface area contributed by atoms with E-state index in [0.717, 1.165) is 11.1 Å². The maximum Gasteiger partial charge on any atom is 0.252 e. The SMILES string of the molecule is Cc1cc(C)c(C(=O)NC(CO)(CO)CO)cc1N. The lowest BCUT2D eigenvalue weighted by Gasteiger charge is -2.29. The summed E-state index contributed by atoms with van der Waals surface area (Å²) in [6.45, 7) is 1.91. The number of anilines is 1. The highest BCUT2D eigenvalue weighted by Gasteiger charge is 2.30. The molecule has 6 N–H and O–H groups in total. The highest BCUT2D eigenvalue weighted by Crippen LogP contribution is 2.18. The maximum absolute atomic E-state index is 12.1. The number of carbonyl (C=O) groups is 1. The third-order valence-electron chi connectivity index (χ3n) is 3.14. The van der Waals surface area contributed by atoms with Gasteiger partial charge >= 0.3 is 0 Å². The molecule has 6 nitrogen and oxygen atoms in total. The number of carbonyl (C=O) groups excluding carboxylic acids is 1. The molecule has 1 aromatic carbocycles. The van der Waals surface area contributed by atoms with Crippen LogP contribution in [-0.4, -0.2) is 46.6 Å². The Morgan fingerprint density at radius 1 is 1.16 bits per heavy atom. The number of aryl methyl sites for hydroxylation is 2. The van der Waals surface area contributed by atoms with Crippen molar-refractivity contribution in [3.8, 4) is 0 Å². The molecule has 106 valence electrons. The van der Waals surface area contributed by atoms with E-state index in [1.807, 2.05) is 6.92 Å². The van der Waals surface area contributed by atoms with Crippen molar-refractivity contribution in [1.82, 2.24) is 5.32 Å². The summed E-state index contributed by atoms with van der Waals surface area (Å²) in [4.78, 5) is 12.1. The van der Waals surface area contributed by atoms with E-state index in [2.05, 4.69) is 5.32 Å². The second-order valence-corrected chi connectivity index (χ2v) is 4.73. The minimum Gasteiger partial charge on any atom is -0.398 e. The van der Waals surface area contributed by atoms with Gasteiger partial charge in [0.25, 0.3) is 5.91 Å². The Kier molecular flexibility index (Phi) is 4.88. The van der Waals surface area contributed by atoms with Crippen LogP contribution in [0.3, 0.4) is 0 Å². The molecule has 0 spiro atoms. The highest BCUT2D eigenvalue weighted by atomic mass is 16.3. The first-order valence-corrected chi connectivity index (χ1v) is 5.91. The summed E-state index contributed by atoms with van der Waals surface area (Å²) >= 11 is 0. The zero-order valence-corrected chi connectivity index (χ0v) is 11.1. The number of hydrogen-bond acceptors (Lipinski definition) is 5. The molecule has 0 unspecified atom stereocenters. The van der Waals surface area contributed by atoms with Gasteiger partial charge in [0.15, 0.2) is 0 Å². The van der Waals surface area contributed by atoms with E-state index in [0.29, 0.717) is 11.3 Å². The Hall–Kier alpha value is -1.63. The molecule has 1 amide bonds. The largest absolute Gasteiger partial charge is 0.398 e. The van der Waals surface area contributed by atoms with E-state index in [1.165, 1.54) is 6.07 Å². The van der Waals surface area contributed by atoms with E-state index >= 15 is 0 Å². The number of nitrogen functional groups attached to an aromatic ring is 1. The van der Waals surface area contributed by atoms with Gasteiger partial charge in [0, 0.05) is 11.3 Å². The van der Waals surface area contributed by atoms with Crippen LogP contribution in [0.1, 0.15) is 21.5 Å². The van der Waals surface area contributed by atoms with Gasteiger partial charge in [-0.05, 0) is 31.0 Å². The molecule has 0 saturated carbocycles. The topological polar surface area (TPSA) is 116 Å². The lowest BCUT2D eigenvalue weighted by Crippen LogP contribution is -2.57. The van der Waals surface area contributed by atoms with Gasteiger partial charge in [0.05, 0.1) is 19.8 Å². The number of amides is 1. The maximum atomic E-state index is 12.1. The Balaban J connectivity index is 3.04. The van der Waals surface area contributed by atoms with Crippen LogP contribution >= 0.6 is 0 Å². The van der Waals surface area contributed by atoms with Gasteiger partial charge in [0.2, 0.25) is 0 Å². The molecule has 6 heteroatoms. The Morgan fingerprint density at radius 3 is 2.16 bits per heavy atom. The van der Waals surface area contributed by atoms with E-state index in [4.69, 9.17) is 5.73 Å². The quantitative estimate of drug-likeness (QED) is 0.454. The zero-order valence-electron chi connectivity index (χ0n) is 11.1. The molecular formula is C13H20N2O4. The van der Waals surface area contributed by atoms with Crippen LogP contribution in [0.15, 0.2) is 12.1 Å². The molecule has 0 fully saturated rings. The van der Waals surface area contributed by atoms with Crippen molar-refractivity contribution in [2.75, 3.05) is 25.6 Å². The molecule has 0 aliphatic carbocycles. The number of nitrogens with two attached hydrogens (primary N) is 1. The molecule has 1 rings (SSSR count). The summed E-state index contributed by atoms with van der Waals surface area (Å²) in [7, 11) is 0. The minimum absolute atomic E-state index is 0.350. The monoisotopic (exact) mass is 268 g/mol. The number of hydrogen-bond donors (Lipinski definition) is 5. The summed E-state index contributed by atoms with van der Waals surface area (Å²) in [6, 6.07) is 3.32. The molecule has 1 aromatic rings. The molecule has 0 saturated heterocycles. The molecule has 0 heterocycles. The van der Waals surface area contributed by atoms with E-state index < -0.39 is 31.3 Å². The van der Waals surface area contributed by atoms with E-state index in [9.17, 15) is 20.1 Å². The van der Waals surface area contributed by atoms with Crippen LogP contribution < -0.4 is 11.1 Å². The lowest BCUT2D eigenvalue weighted by atomic mass is 9.99. The molecule has 0 radical (unpaired) electrons. The Bertz CT molecular complexity index is 462. The summed E-state index contributed by atoms with van der Waals surface area (Å²) in [5.74, 6) is -0.499. The fraction of sp³-hybridized carbons (Fsp3) is 0.462. The number of aliphatic hydroxyl groups is 3. The standard InChI is InChI=1S/C13H20N2O4/c1-8-3-9(2)11(14)4-10(8)12(19)15-13(5-16,6-17)7-18/h3-4,16-18H,5-7,14H2,1-2H3,(H,15,19). The Morgan fingerprint density at radius 2 is 1.68 bits per heavy atom. The first-order valence-electron chi connectivity index (χ1n) is 5.91. The summed E-state index contributed by atoms with van der Waals surface area (Å²) < 4.78 is 0. The number of rotatable bonds is 5. The summed E-state index contributed by atoms with van der Waals surface area (Å²) in [5.41, 5.74) is 6.75. The van der Waals surface area contributed by atoms with Gasteiger partial charge in [-0.1, -0.05) is 6.07 Å². The van der Waals surface area contributed by atoms with E-state index in [-0.39, 0.29) is 0 Å². The van der Waals surface area contributed by atoms with Crippen molar-refractivity contribution in [3.05, 3.63) is 28.8 Å². The van der Waals surface area contributed by atoms with Gasteiger partial charge in [0.1, 0.15) is 5.54 Å². The molecule has 0 aromatic heterocycles. The average Bonchev–Trinajstić information content (AvgIpc) is 2.40. The van der Waals surface area contributed by atoms with Crippen molar-refractivity contribution in [2.24, 2.45) is 0 Å². The average molecular weight is 268 g/mol. The van der Waals surface area contributed by atoms with Crippen molar-refractivity contribution < 1.29 is 20.1 Å². The van der Waals surface area contributed by atoms with Crippen molar-refractivity contribution in [2.45, 2.75) is 19.4 Å². The number of nitrogens with one attached hydrogen (secondary N) is 1. The van der Waals surface area contributed by atoms with Crippen LogP contribution in [-0.2, 0) is 0 Å². The molecule has 0 bridgehead atoms. The van der Waals surface area contributed by atoms with Gasteiger partial charge in [-0.15, -0.1) is 0 Å². The molecular weight excluding hydrogens is 248 g/mol. The lowest BCUT2D eigenvalue weighted by molar-refractivity contribution is 0.0375. The summed E-state index contributed by atoms with van der Waals surface area (Å²) in [6.07, 6.45) is 0. The minimum atomic E-state index is -1.44. The van der Waals surface area contributed by atoms with Crippen LogP contribution in [0.4, 0.5) is 5.69 Å². The predicted molar refractivity (Wildman–Crippen MR) is 71.8 cm³/mol. The highest BCUT2D eigenvalue weighted by molar-refractivity contribution is 5.97. The number of benzene rings is 1. The smallest absolute Gasteiger partial charge is 0.252 e. The third-order valence-corrected chi connectivity index (χ3v) is 3.14.